The summed E-state index contributed by atoms with van der Waals surface area (Å²) < 4.78 is 24.9. The molecule has 0 aliphatic carbocycles. The van der Waals surface area contributed by atoms with Gasteiger partial charge in [-0.05, 0) is 49.4 Å². The van der Waals surface area contributed by atoms with E-state index in [-0.39, 0.29) is 0 Å². The van der Waals surface area contributed by atoms with Crippen LogP contribution in [0.4, 0.5) is 0 Å². The van der Waals surface area contributed by atoms with Crippen molar-refractivity contribution < 1.29 is 13.6 Å². The maximum atomic E-state index is 13.0. The predicted octanol–water partition coefficient (Wildman–Crippen LogP) is 11.1. The average Bonchev–Trinajstić information content (AvgIpc) is 2.97. The summed E-state index contributed by atoms with van der Waals surface area (Å²) in [6, 6.07) is 0. The maximum Gasteiger partial charge on any atom is 0.700 e. The van der Waals surface area contributed by atoms with E-state index in [2.05, 4.69) is 65.2 Å². The van der Waals surface area contributed by atoms with Gasteiger partial charge >= 0.3 is 8.25 Å². The Morgan fingerprint density at radius 2 is 0.725 bits per heavy atom. The van der Waals surface area contributed by atoms with Crippen molar-refractivity contribution in [1.82, 2.24) is 9.80 Å². The molecular formula is C34H72N2O3P+. The van der Waals surface area contributed by atoms with Crippen molar-refractivity contribution >= 4 is 8.25 Å². The fourth-order valence-electron chi connectivity index (χ4n) is 5.78. The lowest BCUT2D eigenvalue weighted by Crippen LogP contribution is -2.36. The van der Waals surface area contributed by atoms with Crippen molar-refractivity contribution in [2.45, 2.75) is 158 Å². The van der Waals surface area contributed by atoms with Crippen LogP contribution in [-0.2, 0) is 13.6 Å². The minimum absolute atomic E-state index is 0.405. The number of hydrogen-bond donors (Lipinski definition) is 0. The van der Waals surface area contributed by atoms with E-state index < -0.39 is 8.25 Å². The molecule has 0 heterocycles. The average molecular weight is 588 g/mol. The molecular weight excluding hydrogens is 515 g/mol. The molecule has 0 saturated carbocycles. The Balaban J connectivity index is 5.22. The van der Waals surface area contributed by atoms with Crippen LogP contribution in [0, 0.1) is 23.7 Å². The minimum atomic E-state index is -2.14. The van der Waals surface area contributed by atoms with Crippen LogP contribution in [0.1, 0.15) is 158 Å². The van der Waals surface area contributed by atoms with E-state index in [9.17, 15) is 4.57 Å². The zero-order valence-corrected chi connectivity index (χ0v) is 29.3. The Morgan fingerprint density at radius 1 is 0.475 bits per heavy atom. The van der Waals surface area contributed by atoms with Crippen LogP contribution in [0.2, 0.25) is 0 Å². The van der Waals surface area contributed by atoms with Crippen LogP contribution in [0.5, 0.6) is 0 Å². The van der Waals surface area contributed by atoms with Gasteiger partial charge in [0.15, 0.2) is 13.5 Å². The standard InChI is InChI=1S/C34H72N2O3P/c1-9-17-21-31(13-5)25-35(26-32(14-6)22-18-10-2)29-38-40(37)39-30-36(27-33(15-7)23-19-11-3)28-34(16-8)24-20-12-4/h31-34H,9-30H2,1-8H3/q+1. The van der Waals surface area contributed by atoms with E-state index in [1.807, 2.05) is 0 Å². The second-order valence-electron chi connectivity index (χ2n) is 12.5. The predicted molar refractivity (Wildman–Crippen MR) is 176 cm³/mol. The first-order chi connectivity index (χ1) is 19.4. The van der Waals surface area contributed by atoms with Crippen LogP contribution in [0.25, 0.3) is 0 Å². The number of unbranched alkanes of at least 4 members (excludes halogenated alkanes) is 4. The third-order valence-corrected chi connectivity index (χ3v) is 9.58. The largest absolute Gasteiger partial charge is 0.700 e. The van der Waals surface area contributed by atoms with Crippen LogP contribution in [0.15, 0.2) is 0 Å². The van der Waals surface area contributed by atoms with Crippen molar-refractivity contribution in [2.75, 3.05) is 39.6 Å². The Labute approximate surface area is 252 Å². The highest BCUT2D eigenvalue weighted by atomic mass is 31.1. The van der Waals surface area contributed by atoms with Crippen molar-refractivity contribution in [3.8, 4) is 0 Å². The Bertz CT molecular complexity index is 483. The quantitative estimate of drug-likeness (QED) is 0.0617. The smallest absolute Gasteiger partial charge is 0.276 e. The Hall–Kier alpha value is -0.0600. The van der Waals surface area contributed by atoms with Gasteiger partial charge < -0.3 is 0 Å². The van der Waals surface area contributed by atoms with Gasteiger partial charge in [-0.15, -0.1) is 9.05 Å². The lowest BCUT2D eigenvalue weighted by atomic mass is 9.96. The summed E-state index contributed by atoms with van der Waals surface area (Å²) in [6.07, 6.45) is 19.9. The molecule has 0 aliphatic rings. The molecule has 0 bridgehead atoms. The molecule has 0 aromatic heterocycles. The lowest BCUT2D eigenvalue weighted by Gasteiger charge is -2.29. The SMILES string of the molecule is CCCCC(CC)CN(CO[P+](=O)OCN(CC(CC)CCCC)CC(CC)CCCC)CC(CC)CCCC. The first kappa shape index (κ1) is 39.9. The molecule has 0 aromatic rings. The molecule has 4 unspecified atom stereocenters. The summed E-state index contributed by atoms with van der Waals surface area (Å²) in [7, 11) is -2.14. The highest BCUT2D eigenvalue weighted by Gasteiger charge is 2.27. The van der Waals surface area contributed by atoms with Crippen LogP contribution >= 0.6 is 8.25 Å². The van der Waals surface area contributed by atoms with E-state index in [1.165, 1.54) is 103 Å². The lowest BCUT2D eigenvalue weighted by molar-refractivity contribution is 0.0514. The van der Waals surface area contributed by atoms with Crippen LogP contribution in [-0.4, -0.2) is 49.4 Å². The zero-order valence-electron chi connectivity index (χ0n) is 28.4. The molecule has 0 rings (SSSR count). The summed E-state index contributed by atoms with van der Waals surface area (Å²) in [6.45, 7) is 23.2. The summed E-state index contributed by atoms with van der Waals surface area (Å²) in [5.74, 6) is 2.68. The van der Waals surface area contributed by atoms with Gasteiger partial charge in [0, 0.05) is 30.7 Å². The van der Waals surface area contributed by atoms with Crippen LogP contribution in [0.3, 0.4) is 0 Å². The third kappa shape index (κ3) is 20.8. The monoisotopic (exact) mass is 588 g/mol. The molecule has 0 saturated heterocycles. The van der Waals surface area contributed by atoms with E-state index in [0.717, 1.165) is 26.2 Å². The van der Waals surface area contributed by atoms with Gasteiger partial charge in [-0.2, -0.15) is 0 Å². The van der Waals surface area contributed by atoms with E-state index >= 15 is 0 Å². The first-order valence-corrected chi connectivity index (χ1v) is 18.7. The fraction of sp³-hybridized carbons (Fsp3) is 1.00. The second-order valence-corrected chi connectivity index (χ2v) is 13.4. The molecule has 4 atom stereocenters. The normalized spacial score (nSPS) is 15.5. The van der Waals surface area contributed by atoms with Crippen molar-refractivity contribution in [1.29, 1.82) is 0 Å². The van der Waals surface area contributed by atoms with Gasteiger partial charge in [-0.25, -0.2) is 0 Å². The molecule has 0 N–H and O–H groups in total. The maximum absolute atomic E-state index is 13.0. The van der Waals surface area contributed by atoms with Crippen molar-refractivity contribution in [3.05, 3.63) is 0 Å². The van der Waals surface area contributed by atoms with Crippen LogP contribution < -0.4 is 0 Å². The van der Waals surface area contributed by atoms with Gasteiger partial charge in [-0.1, -0.05) is 132 Å². The highest BCUT2D eigenvalue weighted by molar-refractivity contribution is 7.33. The minimum Gasteiger partial charge on any atom is -0.276 e. The van der Waals surface area contributed by atoms with E-state index in [0.29, 0.717) is 37.1 Å². The second kappa shape index (κ2) is 27.8. The molecule has 0 fully saturated rings. The molecule has 6 heteroatoms. The topological polar surface area (TPSA) is 42.0 Å². The van der Waals surface area contributed by atoms with Gasteiger partial charge in [-0.3, -0.25) is 9.80 Å². The number of hydrogen-bond acceptors (Lipinski definition) is 5. The first-order valence-electron chi connectivity index (χ1n) is 17.6. The molecule has 0 amide bonds. The molecule has 0 aromatic carbocycles. The van der Waals surface area contributed by atoms with Gasteiger partial charge in [0.25, 0.3) is 0 Å². The summed E-state index contributed by atoms with van der Waals surface area (Å²) in [4.78, 5) is 4.86. The zero-order chi connectivity index (χ0) is 30.0. The summed E-state index contributed by atoms with van der Waals surface area (Å²) >= 11 is 0. The van der Waals surface area contributed by atoms with E-state index in [4.69, 9.17) is 9.05 Å². The Kier molecular flexibility index (Phi) is 27.7. The van der Waals surface area contributed by atoms with Crippen molar-refractivity contribution in [3.63, 3.8) is 0 Å². The molecule has 240 valence electrons. The van der Waals surface area contributed by atoms with Gasteiger partial charge in [0.1, 0.15) is 0 Å². The Morgan fingerprint density at radius 3 is 0.925 bits per heavy atom. The fourth-order valence-corrected chi connectivity index (χ4v) is 6.37. The molecule has 5 nitrogen and oxygen atoms in total. The third-order valence-electron chi connectivity index (χ3n) is 8.93. The number of rotatable bonds is 30. The van der Waals surface area contributed by atoms with Crippen molar-refractivity contribution in [2.24, 2.45) is 23.7 Å². The van der Waals surface area contributed by atoms with E-state index in [1.54, 1.807) is 0 Å². The molecule has 0 aliphatic heterocycles. The summed E-state index contributed by atoms with van der Waals surface area (Å²) in [5, 5.41) is 0. The summed E-state index contributed by atoms with van der Waals surface area (Å²) in [5.41, 5.74) is 0. The molecule has 0 spiro atoms. The number of nitrogens with zero attached hydrogens (tertiary/aromatic N) is 2. The van der Waals surface area contributed by atoms with Gasteiger partial charge in [0.2, 0.25) is 0 Å². The molecule has 0 radical (unpaired) electrons. The highest BCUT2D eigenvalue weighted by Crippen LogP contribution is 2.27. The van der Waals surface area contributed by atoms with Gasteiger partial charge in [0.05, 0.1) is 0 Å². The molecule has 40 heavy (non-hydrogen) atoms.